The summed E-state index contributed by atoms with van der Waals surface area (Å²) in [6.07, 6.45) is 5.43. The van der Waals surface area contributed by atoms with Crippen molar-refractivity contribution in [2.75, 3.05) is 0 Å². The van der Waals surface area contributed by atoms with Gasteiger partial charge in [0.15, 0.2) is 0 Å². The minimum atomic E-state index is 0.608. The molecule has 1 aromatic carbocycles. The molecule has 0 unspecified atom stereocenters. The van der Waals surface area contributed by atoms with Crippen LogP contribution in [0, 0.1) is 0 Å². The van der Waals surface area contributed by atoms with Crippen LogP contribution < -0.4 is 11.1 Å². The molecule has 0 saturated heterocycles. The Labute approximate surface area is 121 Å². The molecule has 20 heavy (non-hydrogen) atoms. The first-order chi connectivity index (χ1) is 9.83. The van der Waals surface area contributed by atoms with Crippen molar-refractivity contribution in [3.05, 3.63) is 35.5 Å². The maximum atomic E-state index is 5.89. The van der Waals surface area contributed by atoms with Gasteiger partial charge in [0.25, 0.3) is 0 Å². The van der Waals surface area contributed by atoms with Gasteiger partial charge in [0.05, 0.1) is 5.52 Å². The molecule has 1 aliphatic rings. The molecule has 0 amide bonds. The van der Waals surface area contributed by atoms with E-state index in [1.807, 2.05) is 0 Å². The second-order valence-electron chi connectivity index (χ2n) is 5.80. The first kappa shape index (κ1) is 13.7. The quantitative estimate of drug-likeness (QED) is 0.877. The number of para-hydroxylation sites is 1. The number of hydrogen-bond acceptors (Lipinski definition) is 2. The van der Waals surface area contributed by atoms with E-state index >= 15 is 0 Å². The molecule has 108 valence electrons. The van der Waals surface area contributed by atoms with Gasteiger partial charge in [-0.05, 0) is 31.4 Å². The van der Waals surface area contributed by atoms with Crippen molar-refractivity contribution in [1.29, 1.82) is 0 Å². The van der Waals surface area contributed by atoms with Gasteiger partial charge >= 0.3 is 0 Å². The topological polar surface area (TPSA) is 43.0 Å². The third-order valence-electron chi connectivity index (χ3n) is 4.55. The molecule has 1 aromatic heterocycles. The van der Waals surface area contributed by atoms with Crippen LogP contribution in [0.2, 0.25) is 0 Å². The molecule has 1 saturated carbocycles. The molecule has 1 aliphatic carbocycles. The Morgan fingerprint density at radius 2 is 2.10 bits per heavy atom. The molecule has 1 heterocycles. The lowest BCUT2D eigenvalue weighted by molar-refractivity contribution is 0.510. The van der Waals surface area contributed by atoms with Gasteiger partial charge in [-0.3, -0.25) is 0 Å². The van der Waals surface area contributed by atoms with Crippen LogP contribution in [0.3, 0.4) is 0 Å². The van der Waals surface area contributed by atoms with E-state index in [9.17, 15) is 0 Å². The average Bonchev–Trinajstić information content (AvgIpc) is 3.11. The molecular weight excluding hydrogens is 246 g/mol. The lowest BCUT2D eigenvalue weighted by Gasteiger charge is -2.14. The lowest BCUT2D eigenvalue weighted by Crippen LogP contribution is -2.26. The summed E-state index contributed by atoms with van der Waals surface area (Å²) in [7, 11) is 0. The van der Waals surface area contributed by atoms with Crippen molar-refractivity contribution in [2.24, 2.45) is 5.73 Å². The summed E-state index contributed by atoms with van der Waals surface area (Å²) >= 11 is 0. The van der Waals surface area contributed by atoms with E-state index in [0.717, 1.165) is 13.1 Å². The predicted molar refractivity (Wildman–Crippen MR) is 84.6 cm³/mol. The van der Waals surface area contributed by atoms with E-state index in [2.05, 4.69) is 41.1 Å². The Kier molecular flexibility index (Phi) is 4.08. The molecule has 0 atom stereocenters. The van der Waals surface area contributed by atoms with Crippen LogP contribution in [0.25, 0.3) is 10.9 Å². The predicted octanol–water partition coefficient (Wildman–Crippen LogP) is 3.15. The number of rotatable bonds is 5. The Morgan fingerprint density at radius 1 is 1.30 bits per heavy atom. The van der Waals surface area contributed by atoms with Gasteiger partial charge in [-0.2, -0.15) is 0 Å². The highest BCUT2D eigenvalue weighted by Crippen LogP contribution is 2.24. The smallest absolute Gasteiger partial charge is 0.0528 e. The van der Waals surface area contributed by atoms with Gasteiger partial charge in [-0.15, -0.1) is 0 Å². The second kappa shape index (κ2) is 5.98. The third kappa shape index (κ3) is 2.48. The first-order valence-corrected chi connectivity index (χ1v) is 7.87. The Balaban J connectivity index is 1.89. The molecule has 3 heteroatoms. The van der Waals surface area contributed by atoms with E-state index in [1.165, 1.54) is 47.8 Å². The highest BCUT2D eigenvalue weighted by molar-refractivity contribution is 5.84. The van der Waals surface area contributed by atoms with Gasteiger partial charge < -0.3 is 15.6 Å². The van der Waals surface area contributed by atoms with Crippen LogP contribution in [-0.2, 0) is 19.6 Å². The molecule has 2 aromatic rings. The van der Waals surface area contributed by atoms with Gasteiger partial charge in [-0.25, -0.2) is 0 Å². The zero-order valence-electron chi connectivity index (χ0n) is 12.4. The van der Waals surface area contributed by atoms with E-state index in [4.69, 9.17) is 5.73 Å². The van der Waals surface area contributed by atoms with Crippen molar-refractivity contribution in [3.8, 4) is 0 Å². The number of nitrogens with zero attached hydrogens (tertiary/aromatic N) is 1. The SMILES string of the molecule is CCn1c(CNC2CCCC2)cc2cccc(CN)c21. The number of fused-ring (bicyclic) bond motifs is 1. The monoisotopic (exact) mass is 271 g/mol. The maximum Gasteiger partial charge on any atom is 0.0528 e. The summed E-state index contributed by atoms with van der Waals surface area (Å²) in [6, 6.07) is 9.48. The van der Waals surface area contributed by atoms with Crippen LogP contribution in [0.1, 0.15) is 43.9 Å². The summed E-state index contributed by atoms with van der Waals surface area (Å²) in [5.74, 6) is 0. The number of aromatic nitrogens is 1. The maximum absolute atomic E-state index is 5.89. The number of hydrogen-bond donors (Lipinski definition) is 2. The molecule has 3 nitrogen and oxygen atoms in total. The Morgan fingerprint density at radius 3 is 2.80 bits per heavy atom. The fourth-order valence-electron chi connectivity index (χ4n) is 3.51. The van der Waals surface area contributed by atoms with Gasteiger partial charge in [0.1, 0.15) is 0 Å². The summed E-state index contributed by atoms with van der Waals surface area (Å²) in [5.41, 5.74) is 9.84. The van der Waals surface area contributed by atoms with E-state index in [1.54, 1.807) is 0 Å². The molecular formula is C17H25N3. The Hall–Kier alpha value is -1.32. The lowest BCUT2D eigenvalue weighted by atomic mass is 10.1. The number of nitrogens with one attached hydrogen (secondary N) is 1. The summed E-state index contributed by atoms with van der Waals surface area (Å²) in [4.78, 5) is 0. The number of aryl methyl sites for hydroxylation is 1. The van der Waals surface area contributed by atoms with Crippen molar-refractivity contribution in [1.82, 2.24) is 9.88 Å². The zero-order valence-corrected chi connectivity index (χ0v) is 12.4. The van der Waals surface area contributed by atoms with Crippen molar-refractivity contribution >= 4 is 10.9 Å². The van der Waals surface area contributed by atoms with Gasteiger partial charge in [0.2, 0.25) is 0 Å². The highest BCUT2D eigenvalue weighted by Gasteiger charge is 2.16. The molecule has 1 fully saturated rings. The van der Waals surface area contributed by atoms with Crippen molar-refractivity contribution < 1.29 is 0 Å². The second-order valence-corrected chi connectivity index (χ2v) is 5.80. The summed E-state index contributed by atoms with van der Waals surface area (Å²) < 4.78 is 2.42. The molecule has 0 spiro atoms. The van der Waals surface area contributed by atoms with Gasteiger partial charge in [-0.1, -0.05) is 31.0 Å². The molecule has 0 aliphatic heterocycles. The zero-order chi connectivity index (χ0) is 13.9. The van der Waals surface area contributed by atoms with Crippen LogP contribution in [0.15, 0.2) is 24.3 Å². The van der Waals surface area contributed by atoms with Crippen molar-refractivity contribution in [3.63, 3.8) is 0 Å². The fraction of sp³-hybridized carbons (Fsp3) is 0.529. The molecule has 3 rings (SSSR count). The minimum absolute atomic E-state index is 0.608. The van der Waals surface area contributed by atoms with Crippen molar-refractivity contribution in [2.45, 2.75) is 58.3 Å². The van der Waals surface area contributed by atoms with E-state index < -0.39 is 0 Å². The molecule has 3 N–H and O–H groups in total. The highest BCUT2D eigenvalue weighted by atomic mass is 15.0. The standard InChI is InChI=1S/C17H25N3/c1-2-20-16(12-19-15-8-3-4-9-15)10-13-6-5-7-14(11-18)17(13)20/h5-7,10,15,19H,2-4,8-9,11-12,18H2,1H3. The summed E-state index contributed by atoms with van der Waals surface area (Å²) in [5, 5.41) is 5.04. The van der Waals surface area contributed by atoms with Crippen LogP contribution in [0.4, 0.5) is 0 Å². The molecule has 0 bridgehead atoms. The fourth-order valence-corrected chi connectivity index (χ4v) is 3.51. The Bertz CT molecular complexity index is 579. The molecule has 0 radical (unpaired) electrons. The van der Waals surface area contributed by atoms with Crippen LogP contribution in [-0.4, -0.2) is 10.6 Å². The summed E-state index contributed by atoms with van der Waals surface area (Å²) in [6.45, 7) is 4.79. The average molecular weight is 271 g/mol. The number of benzene rings is 1. The normalized spacial score (nSPS) is 16.3. The number of nitrogens with two attached hydrogens (primary N) is 1. The minimum Gasteiger partial charge on any atom is -0.343 e. The van der Waals surface area contributed by atoms with Crippen LogP contribution >= 0.6 is 0 Å². The third-order valence-corrected chi connectivity index (χ3v) is 4.55. The largest absolute Gasteiger partial charge is 0.343 e. The van der Waals surface area contributed by atoms with E-state index in [-0.39, 0.29) is 0 Å². The van der Waals surface area contributed by atoms with E-state index in [0.29, 0.717) is 12.6 Å². The van der Waals surface area contributed by atoms with Gasteiger partial charge in [0, 0.05) is 36.8 Å². The first-order valence-electron chi connectivity index (χ1n) is 7.87. The van der Waals surface area contributed by atoms with Crippen LogP contribution in [0.5, 0.6) is 0 Å².